The van der Waals surface area contributed by atoms with Crippen LogP contribution in [-0.2, 0) is 9.22 Å². The topological polar surface area (TPSA) is 26.3 Å². The van der Waals surface area contributed by atoms with Gasteiger partial charge in [-0.3, -0.25) is 0 Å². The predicted molar refractivity (Wildman–Crippen MR) is 103 cm³/mol. The van der Waals surface area contributed by atoms with Gasteiger partial charge < -0.3 is 9.22 Å². The maximum absolute atomic E-state index is 10.8. The van der Waals surface area contributed by atoms with Crippen molar-refractivity contribution in [2.24, 2.45) is 5.92 Å². The quantitative estimate of drug-likeness (QED) is 0.566. The van der Waals surface area contributed by atoms with Gasteiger partial charge >= 0.3 is 0 Å². The van der Waals surface area contributed by atoms with Crippen LogP contribution in [0.2, 0.25) is 5.04 Å². The number of hydrogen-bond acceptors (Lipinski definition) is 2. The number of hydrogen-bond donors (Lipinski definition) is 0. The molecule has 0 saturated carbocycles. The molecule has 0 heterocycles. The van der Waals surface area contributed by atoms with Crippen LogP contribution in [0.3, 0.4) is 0 Å². The molecule has 0 fully saturated rings. The second kappa shape index (κ2) is 7.91. The van der Waals surface area contributed by atoms with E-state index >= 15 is 0 Å². The first-order valence-corrected chi connectivity index (χ1v) is 10.5. The average Bonchev–Trinajstić information content (AvgIpc) is 2.56. The van der Waals surface area contributed by atoms with Gasteiger partial charge in [0.2, 0.25) is 0 Å². The highest BCUT2D eigenvalue weighted by molar-refractivity contribution is 6.99. The average molecular weight is 341 g/mol. The molecule has 0 saturated heterocycles. The smallest absolute Gasteiger partial charge is 0.261 e. The Morgan fingerprint density at radius 3 is 1.79 bits per heavy atom. The lowest BCUT2D eigenvalue weighted by Gasteiger charge is -2.43. The van der Waals surface area contributed by atoms with Gasteiger partial charge in [0.25, 0.3) is 8.32 Å². The molecule has 2 nitrogen and oxygen atoms in total. The molecule has 2 rings (SSSR count). The lowest BCUT2D eigenvalue weighted by Crippen LogP contribution is -2.66. The maximum atomic E-state index is 10.8. The summed E-state index contributed by atoms with van der Waals surface area (Å²) in [6.07, 6.45) is 1.53. The Labute approximate surface area is 147 Å². The fraction of sp³-hybridized carbons (Fsp3) is 0.381. The lowest BCUT2D eigenvalue weighted by molar-refractivity contribution is -0.108. The fourth-order valence-corrected chi connectivity index (χ4v) is 7.95. The molecule has 0 N–H and O–H groups in total. The van der Waals surface area contributed by atoms with Crippen LogP contribution >= 0.6 is 0 Å². The van der Waals surface area contributed by atoms with Crippen molar-refractivity contribution in [2.75, 3.05) is 6.61 Å². The normalized spacial score (nSPS) is 13.5. The highest BCUT2D eigenvalue weighted by atomic mass is 28.4. The third kappa shape index (κ3) is 3.85. The first kappa shape index (κ1) is 18.6. The van der Waals surface area contributed by atoms with Crippen molar-refractivity contribution in [3.05, 3.63) is 60.7 Å². The number of aldehydes is 1. The summed E-state index contributed by atoms with van der Waals surface area (Å²) in [4.78, 5) is 10.8. The third-order valence-electron chi connectivity index (χ3n) is 4.50. The molecule has 3 heteroatoms. The molecule has 0 aliphatic carbocycles. The van der Waals surface area contributed by atoms with Crippen molar-refractivity contribution in [1.82, 2.24) is 0 Å². The third-order valence-corrected chi connectivity index (χ3v) is 9.50. The fourth-order valence-electron chi connectivity index (χ4n) is 3.26. The van der Waals surface area contributed by atoms with Gasteiger partial charge in [0.05, 0.1) is 0 Å². The van der Waals surface area contributed by atoms with Gasteiger partial charge in [-0.25, -0.2) is 0 Å². The predicted octanol–water partition coefficient (Wildman–Crippen LogP) is 3.79. The minimum absolute atomic E-state index is 0.0173. The Morgan fingerprint density at radius 1 is 0.958 bits per heavy atom. The van der Waals surface area contributed by atoms with Crippen LogP contribution in [0.25, 0.3) is 0 Å². The van der Waals surface area contributed by atoms with E-state index in [4.69, 9.17) is 4.43 Å². The summed E-state index contributed by atoms with van der Waals surface area (Å²) >= 11 is 0. The van der Waals surface area contributed by atoms with E-state index in [-0.39, 0.29) is 11.0 Å². The Morgan fingerprint density at radius 2 is 1.42 bits per heavy atom. The molecule has 0 spiro atoms. The van der Waals surface area contributed by atoms with Crippen LogP contribution in [0.4, 0.5) is 0 Å². The first-order chi connectivity index (χ1) is 11.4. The highest BCUT2D eigenvalue weighted by Crippen LogP contribution is 2.37. The van der Waals surface area contributed by atoms with Crippen LogP contribution in [0.1, 0.15) is 34.1 Å². The SMILES string of the molecule is C[C@H](CC=O)CO[Si](c1ccccc1)(c1ccccc1)C(C)(C)C. The molecule has 1 atom stereocenters. The molecule has 0 unspecified atom stereocenters. The molecular weight excluding hydrogens is 312 g/mol. The van der Waals surface area contributed by atoms with Crippen LogP contribution in [0.5, 0.6) is 0 Å². The minimum Gasteiger partial charge on any atom is -0.407 e. The van der Waals surface area contributed by atoms with E-state index in [0.717, 1.165) is 6.29 Å². The van der Waals surface area contributed by atoms with E-state index in [2.05, 4.69) is 76.2 Å². The molecule has 0 aliphatic heterocycles. The van der Waals surface area contributed by atoms with Crippen molar-refractivity contribution in [3.8, 4) is 0 Å². The van der Waals surface area contributed by atoms with Gasteiger partial charge in [0.1, 0.15) is 6.29 Å². The van der Waals surface area contributed by atoms with Crippen LogP contribution in [-0.4, -0.2) is 21.2 Å². The summed E-state index contributed by atoms with van der Waals surface area (Å²) < 4.78 is 6.76. The summed E-state index contributed by atoms with van der Waals surface area (Å²) in [6, 6.07) is 21.2. The Hall–Kier alpha value is -1.71. The van der Waals surface area contributed by atoms with Crippen molar-refractivity contribution in [3.63, 3.8) is 0 Å². The lowest BCUT2D eigenvalue weighted by atomic mass is 10.1. The zero-order chi connectivity index (χ0) is 17.6. The van der Waals surface area contributed by atoms with E-state index in [0.29, 0.717) is 13.0 Å². The minimum atomic E-state index is -2.46. The van der Waals surface area contributed by atoms with Gasteiger partial charge in [-0.2, -0.15) is 0 Å². The molecular formula is C21H28O2Si. The second-order valence-electron chi connectivity index (χ2n) is 7.48. The standard InChI is InChI=1S/C21H28O2Si/c1-18(15-16-22)17-23-24(21(2,3)4,19-11-7-5-8-12-19)20-13-9-6-10-14-20/h5-14,16,18H,15,17H2,1-4H3/t18-/m1/s1. The van der Waals surface area contributed by atoms with E-state index in [9.17, 15) is 4.79 Å². The molecule has 0 radical (unpaired) electrons. The van der Waals surface area contributed by atoms with Crippen molar-refractivity contribution >= 4 is 25.0 Å². The zero-order valence-electron chi connectivity index (χ0n) is 15.2. The van der Waals surface area contributed by atoms with Crippen LogP contribution in [0.15, 0.2) is 60.7 Å². The summed E-state index contributed by atoms with van der Waals surface area (Å²) in [5, 5.41) is 2.54. The van der Waals surface area contributed by atoms with Gasteiger partial charge in [-0.05, 0) is 21.3 Å². The van der Waals surface area contributed by atoms with E-state index in [1.165, 1.54) is 10.4 Å². The Kier molecular flexibility index (Phi) is 6.14. The van der Waals surface area contributed by atoms with E-state index in [1.807, 2.05) is 12.1 Å². The number of rotatable bonds is 7. The monoisotopic (exact) mass is 340 g/mol. The van der Waals surface area contributed by atoms with E-state index < -0.39 is 8.32 Å². The van der Waals surface area contributed by atoms with Crippen LogP contribution in [0, 0.1) is 5.92 Å². The van der Waals surface area contributed by atoms with Gasteiger partial charge in [-0.15, -0.1) is 0 Å². The van der Waals surface area contributed by atoms with Gasteiger partial charge in [0, 0.05) is 13.0 Å². The van der Waals surface area contributed by atoms with Crippen molar-refractivity contribution < 1.29 is 9.22 Å². The van der Waals surface area contributed by atoms with Gasteiger partial charge in [0.15, 0.2) is 0 Å². The highest BCUT2D eigenvalue weighted by Gasteiger charge is 2.50. The molecule has 0 bridgehead atoms. The maximum Gasteiger partial charge on any atom is 0.261 e. The number of carbonyl (C=O) groups excluding carboxylic acids is 1. The van der Waals surface area contributed by atoms with Gasteiger partial charge in [-0.1, -0.05) is 88.4 Å². The molecule has 0 amide bonds. The Balaban J connectivity index is 2.55. The first-order valence-electron chi connectivity index (χ1n) is 8.60. The van der Waals surface area contributed by atoms with Crippen molar-refractivity contribution in [2.45, 2.75) is 39.2 Å². The largest absolute Gasteiger partial charge is 0.407 e. The molecule has 24 heavy (non-hydrogen) atoms. The summed E-state index contributed by atoms with van der Waals surface area (Å²) in [7, 11) is -2.46. The van der Waals surface area contributed by atoms with Crippen molar-refractivity contribution in [1.29, 1.82) is 0 Å². The summed E-state index contributed by atoms with van der Waals surface area (Å²) in [5.41, 5.74) is 0. The summed E-state index contributed by atoms with van der Waals surface area (Å²) in [5.74, 6) is 0.226. The molecule has 2 aromatic carbocycles. The number of carbonyl (C=O) groups is 1. The second-order valence-corrected chi connectivity index (χ2v) is 11.8. The molecule has 0 aliphatic rings. The Bertz CT molecular complexity index is 592. The summed E-state index contributed by atoms with van der Waals surface area (Å²) in [6.45, 7) is 9.48. The molecule has 0 aromatic heterocycles. The molecule has 2 aromatic rings. The van der Waals surface area contributed by atoms with E-state index in [1.54, 1.807) is 0 Å². The number of benzene rings is 2. The molecule has 128 valence electrons. The van der Waals surface area contributed by atoms with Crippen LogP contribution < -0.4 is 10.4 Å². The zero-order valence-corrected chi connectivity index (χ0v) is 16.2.